The van der Waals surface area contributed by atoms with Gasteiger partial charge in [-0.25, -0.2) is 0 Å². The number of pyridine rings is 1. The highest BCUT2D eigenvalue weighted by Gasteiger charge is 2.24. The van der Waals surface area contributed by atoms with Gasteiger partial charge in [0.15, 0.2) is 0 Å². The van der Waals surface area contributed by atoms with Crippen molar-refractivity contribution in [3.05, 3.63) is 74.9 Å². The summed E-state index contributed by atoms with van der Waals surface area (Å²) in [5.41, 5.74) is 0.241. The summed E-state index contributed by atoms with van der Waals surface area (Å²) in [5.74, 6) is -0.805. The third-order valence-electron chi connectivity index (χ3n) is 4.20. The minimum Gasteiger partial charge on any atom is -0.871 e. The summed E-state index contributed by atoms with van der Waals surface area (Å²) in [6.45, 7) is 1.67. The second kappa shape index (κ2) is 7.59. The summed E-state index contributed by atoms with van der Waals surface area (Å²) in [6.07, 6.45) is 1.58. The number of amides is 1. The lowest BCUT2D eigenvalue weighted by Gasteiger charge is -2.26. The van der Waals surface area contributed by atoms with Crippen molar-refractivity contribution in [3.63, 3.8) is 0 Å². The van der Waals surface area contributed by atoms with Gasteiger partial charge in [-0.15, -0.1) is 0 Å². The zero-order valence-electron chi connectivity index (χ0n) is 14.3. The second-order valence-electron chi connectivity index (χ2n) is 5.85. The molecule has 0 saturated heterocycles. The highest BCUT2D eigenvalue weighted by atomic mass is 35.5. The molecule has 1 heterocycles. The molecule has 0 aliphatic carbocycles. The number of non-ortho nitro benzene ring substituents is 1. The monoisotopic (exact) mass is 384 g/mol. The molecule has 0 fully saturated rings. The Kier molecular flexibility index (Phi) is 5.23. The number of hydrogen-bond donors (Lipinski definition) is 1. The van der Waals surface area contributed by atoms with Gasteiger partial charge in [0.2, 0.25) is 5.91 Å². The molecule has 0 aliphatic rings. The fraction of sp³-hybridized carbons (Fsp3) is 0.158. The van der Waals surface area contributed by atoms with Crippen LogP contribution in [0.25, 0.3) is 10.9 Å². The summed E-state index contributed by atoms with van der Waals surface area (Å²) in [5, 5.41) is 27.8. The molecule has 1 N–H and O–H groups in total. The molecule has 0 spiro atoms. The van der Waals surface area contributed by atoms with Crippen LogP contribution in [0.3, 0.4) is 0 Å². The van der Waals surface area contributed by atoms with Crippen molar-refractivity contribution >= 4 is 34.1 Å². The minimum atomic E-state index is -0.927. The van der Waals surface area contributed by atoms with Crippen LogP contribution in [0.2, 0.25) is 5.02 Å². The first kappa shape index (κ1) is 18.6. The summed E-state index contributed by atoms with van der Waals surface area (Å²) in [6, 6.07) is 9.98. The Balaban J connectivity index is 2.30. The Bertz CT molecular complexity index is 1040. The lowest BCUT2D eigenvalue weighted by atomic mass is 9.95. The first-order valence-corrected chi connectivity index (χ1v) is 8.58. The Morgan fingerprint density at radius 3 is 2.67 bits per heavy atom. The van der Waals surface area contributed by atoms with Crippen molar-refractivity contribution in [3.8, 4) is 5.75 Å². The molecule has 7 nitrogen and oxygen atoms in total. The molecule has 2 aromatic carbocycles. The maximum Gasteiger partial charge on any atom is 0.279 e. The van der Waals surface area contributed by atoms with Crippen LogP contribution < -0.4 is 10.4 Å². The van der Waals surface area contributed by atoms with E-state index in [0.29, 0.717) is 10.6 Å². The van der Waals surface area contributed by atoms with Gasteiger partial charge >= 0.3 is 0 Å². The number of halogens is 1. The first-order chi connectivity index (χ1) is 12.9. The van der Waals surface area contributed by atoms with Gasteiger partial charge in [0.05, 0.1) is 21.9 Å². The number of carbonyl (C=O) groups is 1. The molecular weight excluding hydrogens is 370 g/mol. The van der Waals surface area contributed by atoms with Gasteiger partial charge in [-0.2, -0.15) is 0 Å². The lowest BCUT2D eigenvalue weighted by molar-refractivity contribution is -0.383. The topological polar surface area (TPSA) is 108 Å². The number of rotatable bonds is 5. The number of nitrogens with zero attached hydrogens (tertiary/aromatic N) is 2. The van der Waals surface area contributed by atoms with Gasteiger partial charge in [-0.05, 0) is 29.3 Å². The maximum atomic E-state index is 13.0. The Morgan fingerprint density at radius 2 is 2.00 bits per heavy atom. The molecule has 1 amide bonds. The van der Waals surface area contributed by atoms with Crippen LogP contribution in [-0.2, 0) is 4.79 Å². The summed E-state index contributed by atoms with van der Waals surface area (Å²) >= 11 is 6.27. The SMILES string of the molecule is CCC(=O)N[C@H](c1ccccc1Cl)c1cc([N+](=O)[O-])c2cccnc2c1[O-]. The van der Waals surface area contributed by atoms with E-state index in [1.54, 1.807) is 31.2 Å². The number of nitrogens with one attached hydrogen (secondary N) is 1. The maximum absolute atomic E-state index is 13.0. The van der Waals surface area contributed by atoms with Crippen LogP contribution in [0.5, 0.6) is 5.75 Å². The van der Waals surface area contributed by atoms with Crippen molar-refractivity contribution in [1.82, 2.24) is 10.3 Å². The van der Waals surface area contributed by atoms with Gasteiger partial charge in [0.25, 0.3) is 5.69 Å². The van der Waals surface area contributed by atoms with Crippen LogP contribution in [0.15, 0.2) is 48.7 Å². The normalized spacial score (nSPS) is 11.9. The molecule has 0 saturated carbocycles. The fourth-order valence-electron chi connectivity index (χ4n) is 2.88. The summed E-state index contributed by atoms with van der Waals surface area (Å²) < 4.78 is 0. The van der Waals surface area contributed by atoms with E-state index < -0.39 is 16.7 Å². The van der Waals surface area contributed by atoms with E-state index in [9.17, 15) is 20.0 Å². The number of benzene rings is 2. The van der Waals surface area contributed by atoms with E-state index in [-0.39, 0.29) is 34.5 Å². The molecule has 0 bridgehead atoms. The number of nitro benzene ring substituents is 1. The van der Waals surface area contributed by atoms with E-state index in [1.807, 2.05) is 0 Å². The van der Waals surface area contributed by atoms with Gasteiger partial charge in [-0.3, -0.25) is 19.9 Å². The van der Waals surface area contributed by atoms with Crippen molar-refractivity contribution in [2.24, 2.45) is 0 Å². The lowest BCUT2D eigenvalue weighted by Crippen LogP contribution is -2.29. The van der Waals surface area contributed by atoms with Crippen LogP contribution >= 0.6 is 11.6 Å². The quantitative estimate of drug-likeness (QED) is 0.535. The third-order valence-corrected chi connectivity index (χ3v) is 4.55. The van der Waals surface area contributed by atoms with Crippen molar-refractivity contribution in [2.45, 2.75) is 19.4 Å². The molecule has 1 aromatic heterocycles. The van der Waals surface area contributed by atoms with Gasteiger partial charge < -0.3 is 10.4 Å². The van der Waals surface area contributed by atoms with E-state index in [2.05, 4.69) is 10.3 Å². The number of nitro groups is 1. The molecule has 27 heavy (non-hydrogen) atoms. The molecular formula is C19H15ClN3O4-. The molecule has 138 valence electrons. The molecule has 3 rings (SSSR count). The predicted molar refractivity (Wildman–Crippen MR) is 99.6 cm³/mol. The van der Waals surface area contributed by atoms with Gasteiger partial charge in [0.1, 0.15) is 0 Å². The number of fused-ring (bicyclic) bond motifs is 1. The van der Waals surface area contributed by atoms with E-state index in [0.717, 1.165) is 0 Å². The summed E-state index contributed by atoms with van der Waals surface area (Å²) in [4.78, 5) is 27.1. The van der Waals surface area contributed by atoms with Crippen LogP contribution in [0.1, 0.15) is 30.5 Å². The predicted octanol–water partition coefficient (Wildman–Crippen LogP) is 3.49. The zero-order valence-corrected chi connectivity index (χ0v) is 15.1. The molecule has 1 atom stereocenters. The Morgan fingerprint density at radius 1 is 1.26 bits per heavy atom. The van der Waals surface area contributed by atoms with E-state index in [4.69, 9.17) is 11.6 Å². The highest BCUT2D eigenvalue weighted by Crippen LogP contribution is 2.39. The smallest absolute Gasteiger partial charge is 0.279 e. The number of aromatic nitrogens is 1. The van der Waals surface area contributed by atoms with Crippen molar-refractivity contribution in [1.29, 1.82) is 0 Å². The van der Waals surface area contributed by atoms with Gasteiger partial charge in [-0.1, -0.05) is 42.5 Å². The summed E-state index contributed by atoms with van der Waals surface area (Å²) in [7, 11) is 0. The van der Waals surface area contributed by atoms with Crippen molar-refractivity contribution < 1.29 is 14.8 Å². The first-order valence-electron chi connectivity index (χ1n) is 8.20. The standard InChI is InChI=1S/C19H16ClN3O4/c1-2-16(24)22-17(11-6-3-4-8-14(11)20)13-10-15(23(26)27)12-7-5-9-21-18(12)19(13)25/h3-10,17,25H,2H2,1H3,(H,22,24)/p-1/t17-/m1/s1. The molecule has 3 aromatic rings. The van der Waals surface area contributed by atoms with Crippen LogP contribution in [-0.4, -0.2) is 15.8 Å². The van der Waals surface area contributed by atoms with E-state index in [1.165, 1.54) is 24.4 Å². The third kappa shape index (κ3) is 3.54. The minimum absolute atomic E-state index is 0.0236. The molecule has 8 heteroatoms. The number of carbonyl (C=O) groups excluding carboxylic acids is 1. The largest absolute Gasteiger partial charge is 0.871 e. The molecule has 0 radical (unpaired) electrons. The molecule has 0 unspecified atom stereocenters. The highest BCUT2D eigenvalue weighted by molar-refractivity contribution is 6.31. The number of hydrogen-bond acceptors (Lipinski definition) is 5. The fourth-order valence-corrected chi connectivity index (χ4v) is 3.13. The van der Waals surface area contributed by atoms with Crippen LogP contribution in [0.4, 0.5) is 5.69 Å². The van der Waals surface area contributed by atoms with Gasteiger partial charge in [0, 0.05) is 23.7 Å². The molecule has 0 aliphatic heterocycles. The second-order valence-corrected chi connectivity index (χ2v) is 6.25. The van der Waals surface area contributed by atoms with E-state index >= 15 is 0 Å². The average molecular weight is 385 g/mol. The Hall–Kier alpha value is -3.19. The Labute approximate surface area is 159 Å². The average Bonchev–Trinajstić information content (AvgIpc) is 2.67. The zero-order chi connectivity index (χ0) is 19.6. The van der Waals surface area contributed by atoms with Crippen LogP contribution in [0, 0.1) is 10.1 Å². The van der Waals surface area contributed by atoms with Crippen molar-refractivity contribution in [2.75, 3.05) is 0 Å².